The largest absolute Gasteiger partial charge is 0.368 e. The second kappa shape index (κ2) is 5.14. The first-order valence-corrected chi connectivity index (χ1v) is 6.48. The van der Waals surface area contributed by atoms with E-state index >= 15 is 0 Å². The number of anilines is 2. The van der Waals surface area contributed by atoms with Crippen molar-refractivity contribution >= 4 is 23.1 Å². The van der Waals surface area contributed by atoms with Crippen LogP contribution in [0.15, 0.2) is 23.6 Å². The van der Waals surface area contributed by atoms with Crippen LogP contribution in [0.1, 0.15) is 30.0 Å². The van der Waals surface area contributed by atoms with Gasteiger partial charge < -0.3 is 11.1 Å². The molecule has 3 N–H and O–H groups in total. The van der Waals surface area contributed by atoms with Crippen molar-refractivity contribution in [2.75, 3.05) is 11.1 Å². The molecule has 0 bridgehead atoms. The lowest BCUT2D eigenvalue weighted by Gasteiger charge is -2.16. The number of nitrogen functional groups attached to an aromatic ring is 1. The summed E-state index contributed by atoms with van der Waals surface area (Å²) in [5, 5.41) is 5.47. The highest BCUT2D eigenvalue weighted by Crippen LogP contribution is 2.25. The molecule has 2 rings (SSSR count). The van der Waals surface area contributed by atoms with E-state index < -0.39 is 0 Å². The first-order chi connectivity index (χ1) is 8.19. The molecular formula is C12H16N4S. The molecule has 2 aromatic rings. The van der Waals surface area contributed by atoms with Crippen LogP contribution in [0.4, 0.5) is 11.8 Å². The number of nitrogens with one attached hydrogen (secondary N) is 1. The molecule has 0 saturated heterocycles. The summed E-state index contributed by atoms with van der Waals surface area (Å²) < 4.78 is 0. The van der Waals surface area contributed by atoms with Gasteiger partial charge in [-0.1, -0.05) is 13.0 Å². The van der Waals surface area contributed by atoms with Crippen LogP contribution in [-0.4, -0.2) is 9.97 Å². The molecule has 1 unspecified atom stereocenters. The Morgan fingerprint density at radius 2 is 2.29 bits per heavy atom. The topological polar surface area (TPSA) is 63.8 Å². The number of aryl methyl sites for hydroxylation is 1. The SMILES string of the molecule is CCC(Nc1cc(C)nc(N)n1)c1cccs1. The molecule has 0 aliphatic carbocycles. The standard InChI is InChI=1S/C12H16N4S/c1-3-9(10-5-4-6-17-10)15-11-7-8(2)14-12(13)16-11/h4-7,9H,3H2,1-2H3,(H3,13,14,15,16). The Balaban J connectivity index is 2.18. The molecular weight excluding hydrogens is 232 g/mol. The quantitative estimate of drug-likeness (QED) is 0.873. The van der Waals surface area contributed by atoms with E-state index in [-0.39, 0.29) is 6.04 Å². The van der Waals surface area contributed by atoms with E-state index in [9.17, 15) is 0 Å². The summed E-state index contributed by atoms with van der Waals surface area (Å²) in [6.07, 6.45) is 1.00. The van der Waals surface area contributed by atoms with Crippen LogP contribution in [-0.2, 0) is 0 Å². The molecule has 0 amide bonds. The number of aromatic nitrogens is 2. The summed E-state index contributed by atoms with van der Waals surface area (Å²) in [4.78, 5) is 9.56. The summed E-state index contributed by atoms with van der Waals surface area (Å²) in [7, 11) is 0. The van der Waals surface area contributed by atoms with Gasteiger partial charge in [0.05, 0.1) is 6.04 Å². The average Bonchev–Trinajstić information content (AvgIpc) is 2.77. The maximum atomic E-state index is 5.64. The maximum absolute atomic E-state index is 5.64. The monoisotopic (exact) mass is 248 g/mol. The number of rotatable bonds is 4. The fourth-order valence-corrected chi connectivity index (χ4v) is 2.57. The number of nitrogens with two attached hydrogens (primary N) is 1. The molecule has 0 radical (unpaired) electrons. The molecule has 2 heterocycles. The summed E-state index contributed by atoms with van der Waals surface area (Å²) in [5.41, 5.74) is 6.51. The molecule has 0 aromatic carbocycles. The molecule has 0 spiro atoms. The molecule has 0 fully saturated rings. The van der Waals surface area contributed by atoms with Crippen LogP contribution >= 0.6 is 11.3 Å². The molecule has 4 nitrogen and oxygen atoms in total. The fraction of sp³-hybridized carbons (Fsp3) is 0.333. The lowest BCUT2D eigenvalue weighted by atomic mass is 10.2. The third kappa shape index (κ3) is 2.94. The average molecular weight is 248 g/mol. The number of hydrogen-bond acceptors (Lipinski definition) is 5. The minimum Gasteiger partial charge on any atom is -0.368 e. The summed E-state index contributed by atoms with van der Waals surface area (Å²) >= 11 is 1.75. The Bertz CT molecular complexity index is 461. The minimum atomic E-state index is 0.281. The Labute approximate surface area is 105 Å². The number of nitrogens with zero attached hydrogens (tertiary/aromatic N) is 2. The highest BCUT2D eigenvalue weighted by atomic mass is 32.1. The van der Waals surface area contributed by atoms with Crippen LogP contribution in [0.5, 0.6) is 0 Å². The summed E-state index contributed by atoms with van der Waals surface area (Å²) in [6.45, 7) is 4.06. The Hall–Kier alpha value is -1.62. The highest BCUT2D eigenvalue weighted by Gasteiger charge is 2.11. The van der Waals surface area contributed by atoms with Gasteiger partial charge >= 0.3 is 0 Å². The highest BCUT2D eigenvalue weighted by molar-refractivity contribution is 7.10. The smallest absolute Gasteiger partial charge is 0.222 e. The Morgan fingerprint density at radius 3 is 2.88 bits per heavy atom. The van der Waals surface area contributed by atoms with Crippen LogP contribution in [0, 0.1) is 6.92 Å². The third-order valence-corrected chi connectivity index (χ3v) is 3.47. The van der Waals surface area contributed by atoms with Crippen molar-refractivity contribution in [1.82, 2.24) is 9.97 Å². The van der Waals surface area contributed by atoms with E-state index in [0.29, 0.717) is 5.95 Å². The Morgan fingerprint density at radius 1 is 1.47 bits per heavy atom. The van der Waals surface area contributed by atoms with Crippen molar-refractivity contribution < 1.29 is 0 Å². The number of hydrogen-bond donors (Lipinski definition) is 2. The van der Waals surface area contributed by atoms with E-state index in [4.69, 9.17) is 5.73 Å². The molecule has 1 atom stereocenters. The van der Waals surface area contributed by atoms with E-state index in [1.165, 1.54) is 4.88 Å². The van der Waals surface area contributed by atoms with Gasteiger partial charge in [-0.2, -0.15) is 4.98 Å². The second-order valence-electron chi connectivity index (χ2n) is 3.87. The first kappa shape index (κ1) is 11.9. The molecule has 0 aliphatic rings. The van der Waals surface area contributed by atoms with Crippen molar-refractivity contribution in [3.8, 4) is 0 Å². The summed E-state index contributed by atoms with van der Waals surface area (Å²) in [6, 6.07) is 6.38. The van der Waals surface area contributed by atoms with E-state index in [1.54, 1.807) is 11.3 Å². The second-order valence-corrected chi connectivity index (χ2v) is 4.85. The van der Waals surface area contributed by atoms with Gasteiger partial charge in [-0.15, -0.1) is 11.3 Å². The zero-order valence-corrected chi connectivity index (χ0v) is 10.8. The zero-order valence-electron chi connectivity index (χ0n) is 9.97. The van der Waals surface area contributed by atoms with Gasteiger partial charge in [-0.3, -0.25) is 0 Å². The van der Waals surface area contributed by atoms with Crippen molar-refractivity contribution in [2.45, 2.75) is 26.3 Å². The molecule has 0 saturated carbocycles. The minimum absolute atomic E-state index is 0.281. The van der Waals surface area contributed by atoms with Gasteiger partial charge in [0.1, 0.15) is 5.82 Å². The first-order valence-electron chi connectivity index (χ1n) is 5.60. The maximum Gasteiger partial charge on any atom is 0.222 e. The lowest BCUT2D eigenvalue weighted by Crippen LogP contribution is -2.11. The molecule has 0 aliphatic heterocycles. The predicted molar refractivity (Wildman–Crippen MR) is 72.2 cm³/mol. The van der Waals surface area contributed by atoms with Crippen LogP contribution in [0.2, 0.25) is 0 Å². The fourth-order valence-electron chi connectivity index (χ4n) is 1.71. The van der Waals surface area contributed by atoms with Crippen molar-refractivity contribution in [3.63, 3.8) is 0 Å². The normalized spacial score (nSPS) is 12.4. The molecule has 90 valence electrons. The van der Waals surface area contributed by atoms with Crippen molar-refractivity contribution in [3.05, 3.63) is 34.2 Å². The van der Waals surface area contributed by atoms with Gasteiger partial charge in [0, 0.05) is 16.6 Å². The number of thiophene rings is 1. The Kier molecular flexibility index (Phi) is 3.58. The van der Waals surface area contributed by atoms with Crippen LogP contribution < -0.4 is 11.1 Å². The molecule has 2 aromatic heterocycles. The van der Waals surface area contributed by atoms with E-state index in [1.807, 2.05) is 13.0 Å². The molecule has 5 heteroatoms. The predicted octanol–water partition coefficient (Wildman–Crippen LogP) is 2.99. The van der Waals surface area contributed by atoms with Gasteiger partial charge in [0.15, 0.2) is 0 Å². The van der Waals surface area contributed by atoms with E-state index in [2.05, 4.69) is 39.7 Å². The van der Waals surface area contributed by atoms with Crippen molar-refractivity contribution in [2.24, 2.45) is 0 Å². The van der Waals surface area contributed by atoms with Crippen LogP contribution in [0.3, 0.4) is 0 Å². The van der Waals surface area contributed by atoms with Gasteiger partial charge in [0.2, 0.25) is 5.95 Å². The molecule has 17 heavy (non-hydrogen) atoms. The zero-order chi connectivity index (χ0) is 12.3. The van der Waals surface area contributed by atoms with Gasteiger partial charge in [0.25, 0.3) is 0 Å². The van der Waals surface area contributed by atoms with E-state index in [0.717, 1.165) is 17.9 Å². The summed E-state index contributed by atoms with van der Waals surface area (Å²) in [5.74, 6) is 1.10. The third-order valence-electron chi connectivity index (χ3n) is 2.49. The van der Waals surface area contributed by atoms with Gasteiger partial charge in [-0.25, -0.2) is 4.98 Å². The lowest BCUT2D eigenvalue weighted by molar-refractivity contribution is 0.758. The van der Waals surface area contributed by atoms with Gasteiger partial charge in [-0.05, 0) is 24.8 Å². The van der Waals surface area contributed by atoms with Crippen LogP contribution in [0.25, 0.3) is 0 Å². The van der Waals surface area contributed by atoms with Crippen molar-refractivity contribution in [1.29, 1.82) is 0 Å².